The number of hydrogen-bond acceptors (Lipinski definition) is 3. The van der Waals surface area contributed by atoms with Crippen LogP contribution in [0.25, 0.3) is 0 Å². The van der Waals surface area contributed by atoms with Gasteiger partial charge in [0.2, 0.25) is 5.91 Å². The lowest BCUT2D eigenvalue weighted by Gasteiger charge is -2.33. The van der Waals surface area contributed by atoms with Crippen LogP contribution >= 0.6 is 23.2 Å². The van der Waals surface area contributed by atoms with Gasteiger partial charge in [-0.25, -0.2) is 0 Å². The van der Waals surface area contributed by atoms with E-state index < -0.39 is 11.6 Å². The molecule has 2 rings (SSSR count). The van der Waals surface area contributed by atoms with Crippen LogP contribution < -0.4 is 10.1 Å². The van der Waals surface area contributed by atoms with Gasteiger partial charge in [0.25, 0.3) is 5.91 Å². The van der Waals surface area contributed by atoms with E-state index in [2.05, 4.69) is 5.32 Å². The number of ether oxygens (including phenoxy) is 1. The van der Waals surface area contributed by atoms with Crippen molar-refractivity contribution >= 4 is 35.0 Å². The molecule has 0 aliphatic rings. The molecule has 1 N–H and O–H groups in total. The van der Waals surface area contributed by atoms with Crippen molar-refractivity contribution in [2.45, 2.75) is 52.2 Å². The van der Waals surface area contributed by atoms with Crippen LogP contribution in [-0.2, 0) is 16.1 Å². The van der Waals surface area contributed by atoms with E-state index in [1.807, 2.05) is 45.9 Å². The van der Waals surface area contributed by atoms with Crippen LogP contribution in [0, 0.1) is 0 Å². The smallest absolute Gasteiger partial charge is 0.261 e. The highest BCUT2D eigenvalue weighted by Gasteiger charge is 2.31. The van der Waals surface area contributed by atoms with Crippen molar-refractivity contribution in [1.82, 2.24) is 10.2 Å². The maximum atomic E-state index is 13.1. The van der Waals surface area contributed by atoms with Crippen molar-refractivity contribution in [3.63, 3.8) is 0 Å². The molecule has 2 aromatic rings. The number of amides is 2. The molecule has 0 saturated carbocycles. The largest absolute Gasteiger partial charge is 0.484 e. The van der Waals surface area contributed by atoms with E-state index in [9.17, 15) is 9.59 Å². The van der Waals surface area contributed by atoms with Crippen molar-refractivity contribution in [1.29, 1.82) is 0 Å². The molecule has 2 aromatic carbocycles. The Morgan fingerprint density at radius 3 is 2.17 bits per heavy atom. The third-order valence-electron chi connectivity index (χ3n) is 4.38. The number of nitrogens with zero attached hydrogens (tertiary/aromatic N) is 1. The van der Waals surface area contributed by atoms with Crippen LogP contribution in [0.1, 0.15) is 39.7 Å². The summed E-state index contributed by atoms with van der Waals surface area (Å²) in [5.74, 6) is 0.0146. The Morgan fingerprint density at radius 2 is 1.63 bits per heavy atom. The van der Waals surface area contributed by atoms with Crippen molar-refractivity contribution < 1.29 is 14.3 Å². The first kappa shape index (κ1) is 24.0. The maximum absolute atomic E-state index is 13.1. The van der Waals surface area contributed by atoms with Gasteiger partial charge in [-0.15, -0.1) is 0 Å². The Bertz CT molecular complexity index is 846. The number of para-hydroxylation sites is 1. The average molecular weight is 451 g/mol. The van der Waals surface area contributed by atoms with Gasteiger partial charge < -0.3 is 15.0 Å². The first-order valence-electron chi connectivity index (χ1n) is 9.84. The second-order valence-corrected chi connectivity index (χ2v) is 8.80. The summed E-state index contributed by atoms with van der Waals surface area (Å²) >= 11 is 12.7. The molecule has 0 heterocycles. The molecular formula is C23H28Cl2N2O3. The molecule has 2 amide bonds. The summed E-state index contributed by atoms with van der Waals surface area (Å²) in [7, 11) is 0. The molecule has 0 fully saturated rings. The fraction of sp³-hybridized carbons (Fsp3) is 0.391. The Hall–Kier alpha value is -2.24. The topological polar surface area (TPSA) is 58.6 Å². The number of rotatable bonds is 8. The molecule has 0 aromatic heterocycles. The second kappa shape index (κ2) is 10.7. The number of nitrogens with one attached hydrogen (secondary N) is 1. The highest BCUT2D eigenvalue weighted by atomic mass is 35.5. The van der Waals surface area contributed by atoms with Gasteiger partial charge in [0.1, 0.15) is 11.8 Å². The van der Waals surface area contributed by atoms with Crippen LogP contribution in [0.4, 0.5) is 0 Å². The second-order valence-electron chi connectivity index (χ2n) is 7.99. The predicted octanol–water partition coefficient (Wildman–Crippen LogP) is 5.09. The zero-order valence-electron chi connectivity index (χ0n) is 17.7. The predicted molar refractivity (Wildman–Crippen MR) is 121 cm³/mol. The molecule has 0 aliphatic carbocycles. The summed E-state index contributed by atoms with van der Waals surface area (Å²) in [6, 6.07) is 13.5. The summed E-state index contributed by atoms with van der Waals surface area (Å²) < 4.78 is 5.63. The van der Waals surface area contributed by atoms with Crippen LogP contribution in [0.5, 0.6) is 5.75 Å². The molecule has 5 nitrogen and oxygen atoms in total. The Kier molecular flexibility index (Phi) is 8.56. The highest BCUT2D eigenvalue weighted by molar-refractivity contribution is 6.36. The third kappa shape index (κ3) is 6.92. The van der Waals surface area contributed by atoms with Crippen molar-refractivity contribution in [2.75, 3.05) is 6.61 Å². The molecular weight excluding hydrogens is 423 g/mol. The fourth-order valence-electron chi connectivity index (χ4n) is 2.97. The van der Waals surface area contributed by atoms with E-state index in [0.717, 1.165) is 0 Å². The van der Waals surface area contributed by atoms with Crippen LogP contribution in [0.2, 0.25) is 10.0 Å². The van der Waals surface area contributed by atoms with Crippen molar-refractivity contribution in [3.05, 3.63) is 64.1 Å². The van der Waals surface area contributed by atoms with Gasteiger partial charge in [-0.05, 0) is 51.5 Å². The van der Waals surface area contributed by atoms with Crippen LogP contribution in [-0.4, -0.2) is 34.9 Å². The van der Waals surface area contributed by atoms with E-state index in [1.165, 1.54) is 4.90 Å². The molecule has 30 heavy (non-hydrogen) atoms. The number of carbonyl (C=O) groups excluding carboxylic acids is 2. The van der Waals surface area contributed by atoms with Crippen molar-refractivity contribution in [2.24, 2.45) is 0 Å². The van der Waals surface area contributed by atoms with Crippen LogP contribution in [0.3, 0.4) is 0 Å². The maximum Gasteiger partial charge on any atom is 0.261 e. The average Bonchev–Trinajstić information content (AvgIpc) is 2.67. The summed E-state index contributed by atoms with van der Waals surface area (Å²) in [4.78, 5) is 27.6. The molecule has 1 atom stereocenters. The van der Waals surface area contributed by atoms with E-state index in [-0.39, 0.29) is 25.0 Å². The van der Waals surface area contributed by atoms with E-state index >= 15 is 0 Å². The first-order chi connectivity index (χ1) is 14.1. The lowest BCUT2D eigenvalue weighted by atomic mass is 10.1. The zero-order valence-corrected chi connectivity index (χ0v) is 19.3. The van der Waals surface area contributed by atoms with E-state index in [1.54, 1.807) is 30.3 Å². The molecule has 0 spiro atoms. The van der Waals surface area contributed by atoms with Gasteiger partial charge in [0.15, 0.2) is 6.61 Å². The molecule has 1 unspecified atom stereocenters. The minimum absolute atomic E-state index is 0.103. The zero-order chi connectivity index (χ0) is 22.3. The minimum Gasteiger partial charge on any atom is -0.484 e. The molecule has 162 valence electrons. The lowest BCUT2D eigenvalue weighted by molar-refractivity contribution is -0.143. The Balaban J connectivity index is 2.30. The Morgan fingerprint density at radius 1 is 1.03 bits per heavy atom. The molecule has 0 aliphatic heterocycles. The van der Waals surface area contributed by atoms with Gasteiger partial charge >= 0.3 is 0 Å². The first-order valence-corrected chi connectivity index (χ1v) is 10.6. The van der Waals surface area contributed by atoms with Gasteiger partial charge in [0, 0.05) is 27.7 Å². The van der Waals surface area contributed by atoms with E-state index in [0.29, 0.717) is 27.8 Å². The monoisotopic (exact) mass is 450 g/mol. The molecule has 7 heteroatoms. The van der Waals surface area contributed by atoms with E-state index in [4.69, 9.17) is 27.9 Å². The lowest BCUT2D eigenvalue weighted by Crippen LogP contribution is -2.54. The normalized spacial score (nSPS) is 12.2. The molecule has 0 bridgehead atoms. The summed E-state index contributed by atoms with van der Waals surface area (Å²) in [5.41, 5.74) is 0.165. The van der Waals surface area contributed by atoms with Crippen LogP contribution in [0.15, 0.2) is 48.5 Å². The summed E-state index contributed by atoms with van der Waals surface area (Å²) in [5, 5.41) is 3.83. The number of benzene rings is 2. The number of hydrogen-bond donors (Lipinski definition) is 1. The van der Waals surface area contributed by atoms with Gasteiger partial charge in [-0.1, -0.05) is 54.4 Å². The standard InChI is InChI=1S/C23H28Cl2N2O3/c1-5-20(22(29)26-23(2,3)4)27(14-17-18(24)12-9-13-19(17)25)21(28)15-30-16-10-7-6-8-11-16/h6-13,20H,5,14-15H2,1-4H3,(H,26,29). The quantitative estimate of drug-likeness (QED) is 0.608. The highest BCUT2D eigenvalue weighted by Crippen LogP contribution is 2.27. The molecule has 0 radical (unpaired) electrons. The molecule has 0 saturated heterocycles. The van der Waals surface area contributed by atoms with Crippen molar-refractivity contribution in [3.8, 4) is 5.75 Å². The summed E-state index contributed by atoms with van der Waals surface area (Å²) in [6.07, 6.45) is 0.432. The Labute approximate surface area is 188 Å². The van der Waals surface area contributed by atoms with Gasteiger partial charge in [-0.2, -0.15) is 0 Å². The number of halogens is 2. The SMILES string of the molecule is CCC(C(=O)NC(C)(C)C)N(Cc1c(Cl)cccc1Cl)C(=O)COc1ccccc1. The third-order valence-corrected chi connectivity index (χ3v) is 5.09. The fourth-order valence-corrected chi connectivity index (χ4v) is 3.49. The van der Waals surface area contributed by atoms with Gasteiger partial charge in [0.05, 0.1) is 0 Å². The minimum atomic E-state index is -0.691. The van der Waals surface area contributed by atoms with Gasteiger partial charge in [-0.3, -0.25) is 9.59 Å². The summed E-state index contributed by atoms with van der Waals surface area (Å²) in [6.45, 7) is 7.45. The number of carbonyl (C=O) groups is 2.